The van der Waals surface area contributed by atoms with Gasteiger partial charge in [0.05, 0.1) is 12.1 Å². The molecule has 2 rings (SSSR count). The first-order valence-electron chi connectivity index (χ1n) is 7.46. The molecule has 0 saturated heterocycles. The minimum Gasteiger partial charge on any atom is -0.303 e. The molecule has 1 aromatic heterocycles. The molecule has 0 atom stereocenters. The summed E-state index contributed by atoms with van der Waals surface area (Å²) in [7, 11) is 0. The first-order valence-corrected chi connectivity index (χ1v) is 8.34. The quantitative estimate of drug-likeness (QED) is 0.746. The third-order valence-electron chi connectivity index (χ3n) is 3.57. The van der Waals surface area contributed by atoms with Gasteiger partial charge in [-0.1, -0.05) is 44.2 Å². The Morgan fingerprint density at radius 1 is 1.19 bits per heavy atom. The van der Waals surface area contributed by atoms with Crippen LogP contribution in [-0.2, 0) is 11.2 Å². The number of hydrogen-bond donors (Lipinski definition) is 0. The number of Topliss-reactive ketones (excluding diaryl/α,β-unsaturated/α-hetero) is 1. The Morgan fingerprint density at radius 3 is 2.57 bits per heavy atom. The fourth-order valence-electron chi connectivity index (χ4n) is 2.21. The lowest BCUT2D eigenvalue weighted by molar-refractivity contribution is -0.118. The van der Waals surface area contributed by atoms with E-state index in [1.807, 2.05) is 35.7 Å². The standard InChI is InChI=1S/C17H22N2OS/c1-3-19(4-2)11-10-15(20)12-17-18-16(13-21-17)14-8-6-5-7-9-14/h5-9,13H,3-4,10-12H2,1-2H3. The van der Waals surface area contributed by atoms with Crippen LogP contribution in [0.4, 0.5) is 0 Å². The number of rotatable bonds is 8. The number of nitrogens with zero attached hydrogens (tertiary/aromatic N) is 2. The Hall–Kier alpha value is -1.52. The summed E-state index contributed by atoms with van der Waals surface area (Å²) in [6, 6.07) is 10.1. The second-order valence-electron chi connectivity index (χ2n) is 4.98. The number of thiazole rings is 1. The van der Waals surface area contributed by atoms with Gasteiger partial charge in [0.2, 0.25) is 0 Å². The summed E-state index contributed by atoms with van der Waals surface area (Å²) in [4.78, 5) is 18.9. The van der Waals surface area contributed by atoms with Crippen molar-refractivity contribution in [1.82, 2.24) is 9.88 Å². The largest absolute Gasteiger partial charge is 0.303 e. The van der Waals surface area contributed by atoms with Crippen molar-refractivity contribution in [3.05, 3.63) is 40.7 Å². The van der Waals surface area contributed by atoms with Crippen LogP contribution in [0.5, 0.6) is 0 Å². The van der Waals surface area contributed by atoms with Crippen LogP contribution in [0.2, 0.25) is 0 Å². The molecule has 4 heteroatoms. The number of benzene rings is 1. The lowest BCUT2D eigenvalue weighted by Crippen LogP contribution is -2.26. The first-order chi connectivity index (χ1) is 10.2. The van der Waals surface area contributed by atoms with Crippen LogP contribution in [0.15, 0.2) is 35.7 Å². The Labute approximate surface area is 130 Å². The molecule has 0 aliphatic carbocycles. The zero-order chi connectivity index (χ0) is 15.1. The predicted octanol–water partition coefficient (Wildman–Crippen LogP) is 3.65. The Balaban J connectivity index is 1.89. The fourth-order valence-corrected chi connectivity index (χ4v) is 3.05. The topological polar surface area (TPSA) is 33.2 Å². The molecule has 0 aliphatic heterocycles. The molecule has 1 aromatic carbocycles. The third-order valence-corrected chi connectivity index (χ3v) is 4.42. The van der Waals surface area contributed by atoms with E-state index in [1.54, 1.807) is 11.3 Å². The van der Waals surface area contributed by atoms with Gasteiger partial charge < -0.3 is 4.90 Å². The van der Waals surface area contributed by atoms with Crippen molar-refractivity contribution in [2.45, 2.75) is 26.7 Å². The molecule has 0 spiro atoms. The molecule has 0 unspecified atom stereocenters. The number of carbonyl (C=O) groups is 1. The van der Waals surface area contributed by atoms with E-state index in [2.05, 4.69) is 23.7 Å². The van der Waals surface area contributed by atoms with Gasteiger partial charge in [-0.25, -0.2) is 4.98 Å². The first kappa shape index (κ1) is 15.9. The molecular formula is C17H22N2OS. The van der Waals surface area contributed by atoms with Gasteiger partial charge in [0.1, 0.15) is 10.8 Å². The fraction of sp³-hybridized carbons (Fsp3) is 0.412. The van der Waals surface area contributed by atoms with Crippen LogP contribution in [-0.4, -0.2) is 35.3 Å². The van der Waals surface area contributed by atoms with Gasteiger partial charge in [0.15, 0.2) is 0 Å². The van der Waals surface area contributed by atoms with Crippen molar-refractivity contribution >= 4 is 17.1 Å². The molecule has 112 valence electrons. The van der Waals surface area contributed by atoms with Crippen LogP contribution < -0.4 is 0 Å². The lowest BCUT2D eigenvalue weighted by Gasteiger charge is -2.16. The van der Waals surface area contributed by atoms with E-state index < -0.39 is 0 Å². The number of ketones is 1. The van der Waals surface area contributed by atoms with Crippen LogP contribution in [0.1, 0.15) is 25.3 Å². The van der Waals surface area contributed by atoms with E-state index in [9.17, 15) is 4.79 Å². The van der Waals surface area contributed by atoms with Crippen molar-refractivity contribution < 1.29 is 4.79 Å². The maximum absolute atomic E-state index is 12.0. The van der Waals surface area contributed by atoms with Crippen molar-refractivity contribution in [3.8, 4) is 11.3 Å². The molecule has 21 heavy (non-hydrogen) atoms. The molecule has 0 bridgehead atoms. The molecule has 0 radical (unpaired) electrons. The zero-order valence-corrected chi connectivity index (χ0v) is 13.5. The summed E-state index contributed by atoms with van der Waals surface area (Å²) < 4.78 is 0. The van der Waals surface area contributed by atoms with Crippen molar-refractivity contribution in [2.24, 2.45) is 0 Å². The number of hydrogen-bond acceptors (Lipinski definition) is 4. The van der Waals surface area contributed by atoms with E-state index in [1.165, 1.54) is 0 Å². The normalized spacial score (nSPS) is 11.0. The van der Waals surface area contributed by atoms with Crippen LogP contribution in [0, 0.1) is 0 Å². The van der Waals surface area contributed by atoms with Crippen LogP contribution >= 0.6 is 11.3 Å². The number of aromatic nitrogens is 1. The minimum atomic E-state index is 0.274. The monoisotopic (exact) mass is 302 g/mol. The average Bonchev–Trinajstić information content (AvgIpc) is 2.97. The van der Waals surface area contributed by atoms with Crippen molar-refractivity contribution in [3.63, 3.8) is 0 Å². The molecule has 0 saturated carbocycles. The second kappa shape index (κ2) is 8.05. The second-order valence-corrected chi connectivity index (χ2v) is 5.93. The maximum atomic E-state index is 12.0. The van der Waals surface area contributed by atoms with E-state index in [4.69, 9.17) is 0 Å². The smallest absolute Gasteiger partial charge is 0.140 e. The average molecular weight is 302 g/mol. The summed E-state index contributed by atoms with van der Waals surface area (Å²) in [6.07, 6.45) is 1.07. The van der Waals surface area contributed by atoms with Crippen LogP contribution in [0.3, 0.4) is 0 Å². The summed E-state index contributed by atoms with van der Waals surface area (Å²) in [6.45, 7) is 7.10. The van der Waals surface area contributed by atoms with Gasteiger partial charge in [-0.05, 0) is 13.1 Å². The molecular weight excluding hydrogens is 280 g/mol. The molecule has 1 heterocycles. The van der Waals surface area contributed by atoms with E-state index in [0.717, 1.165) is 35.9 Å². The van der Waals surface area contributed by atoms with Gasteiger partial charge in [-0.3, -0.25) is 4.79 Å². The van der Waals surface area contributed by atoms with Crippen molar-refractivity contribution in [2.75, 3.05) is 19.6 Å². The lowest BCUT2D eigenvalue weighted by atomic mass is 10.2. The predicted molar refractivity (Wildman–Crippen MR) is 88.7 cm³/mol. The third kappa shape index (κ3) is 4.76. The molecule has 0 fully saturated rings. The van der Waals surface area contributed by atoms with Gasteiger partial charge in [0, 0.05) is 23.9 Å². The highest BCUT2D eigenvalue weighted by atomic mass is 32.1. The Morgan fingerprint density at radius 2 is 1.90 bits per heavy atom. The minimum absolute atomic E-state index is 0.274. The zero-order valence-electron chi connectivity index (χ0n) is 12.7. The van der Waals surface area contributed by atoms with E-state index in [0.29, 0.717) is 12.8 Å². The highest BCUT2D eigenvalue weighted by Crippen LogP contribution is 2.22. The summed E-state index contributed by atoms with van der Waals surface area (Å²) >= 11 is 1.57. The Bertz CT molecular complexity index is 561. The molecule has 3 nitrogen and oxygen atoms in total. The van der Waals surface area contributed by atoms with E-state index >= 15 is 0 Å². The van der Waals surface area contributed by atoms with Gasteiger partial charge >= 0.3 is 0 Å². The van der Waals surface area contributed by atoms with E-state index in [-0.39, 0.29) is 5.78 Å². The van der Waals surface area contributed by atoms with Crippen LogP contribution in [0.25, 0.3) is 11.3 Å². The van der Waals surface area contributed by atoms with Gasteiger partial charge in [-0.15, -0.1) is 11.3 Å². The highest BCUT2D eigenvalue weighted by Gasteiger charge is 2.10. The van der Waals surface area contributed by atoms with Gasteiger partial charge in [0.25, 0.3) is 0 Å². The van der Waals surface area contributed by atoms with Gasteiger partial charge in [-0.2, -0.15) is 0 Å². The number of carbonyl (C=O) groups excluding carboxylic acids is 1. The molecule has 0 amide bonds. The summed E-state index contributed by atoms with van der Waals surface area (Å²) in [5, 5.41) is 2.95. The molecule has 0 aliphatic rings. The summed E-state index contributed by atoms with van der Waals surface area (Å²) in [5.74, 6) is 0.274. The molecule has 0 N–H and O–H groups in total. The Kier molecular flexibility index (Phi) is 6.08. The maximum Gasteiger partial charge on any atom is 0.140 e. The summed E-state index contributed by atoms with van der Waals surface area (Å²) in [5.41, 5.74) is 2.07. The molecule has 2 aromatic rings. The van der Waals surface area contributed by atoms with Crippen molar-refractivity contribution in [1.29, 1.82) is 0 Å². The SMILES string of the molecule is CCN(CC)CCC(=O)Cc1nc(-c2ccccc2)cs1. The highest BCUT2D eigenvalue weighted by molar-refractivity contribution is 7.10.